The molecule has 0 aromatic rings. The zero-order valence-corrected chi connectivity index (χ0v) is 26.7. The van der Waals surface area contributed by atoms with Crippen molar-refractivity contribution in [3.8, 4) is 0 Å². The molecule has 82 valence electrons. The van der Waals surface area contributed by atoms with Gasteiger partial charge in [0.2, 0.25) is 0 Å². The van der Waals surface area contributed by atoms with E-state index < -0.39 is 5.37 Å². The molecule has 14 heavy (non-hydrogen) atoms. The quantitative estimate of drug-likeness (QED) is 0.337. The molecule has 0 atom stereocenters. The summed E-state index contributed by atoms with van der Waals surface area (Å²) in [5.74, 6) is 0. The summed E-state index contributed by atoms with van der Waals surface area (Å²) in [7, 11) is 0. The molecule has 0 nitrogen and oxygen atoms in total. The molecule has 0 aromatic carbocycles. The van der Waals surface area contributed by atoms with Crippen molar-refractivity contribution in [1.29, 1.82) is 0 Å². The average Bonchev–Trinajstić information content (AvgIpc) is 1.85. The van der Waals surface area contributed by atoms with E-state index in [1.54, 1.807) is 0 Å². The molecule has 0 amide bonds. The van der Waals surface area contributed by atoms with Crippen LogP contribution in [0.15, 0.2) is 0 Å². The van der Waals surface area contributed by atoms with Crippen molar-refractivity contribution >= 4 is 134 Å². The fourth-order valence-corrected chi connectivity index (χ4v) is 0. The van der Waals surface area contributed by atoms with Gasteiger partial charge < -0.3 is 0 Å². The van der Waals surface area contributed by atoms with Gasteiger partial charge in [-0.25, -0.2) is 0 Å². The standard InChI is InChI=1S/C2H6Si2Te4.4CH3.2Sn/c1-3(5,6)4(2,7)8;;;;;;/h1-2H3;4*1H3;;. The Kier molecular flexibility index (Phi) is 25.3. The van der Waals surface area contributed by atoms with Crippen LogP contribution in [0, 0.1) is 0 Å². The summed E-state index contributed by atoms with van der Waals surface area (Å²) in [5, 5.41) is 0. The minimum absolute atomic E-state index is 0.230. The molecule has 8 heteroatoms. The Hall–Kier alpha value is 5.19. The van der Waals surface area contributed by atoms with Crippen molar-refractivity contribution in [3.63, 3.8) is 0 Å². The Morgan fingerprint density at radius 3 is 0.714 bits per heavy atom. The molecule has 0 N–H and O–H groups in total. The third-order valence-corrected chi connectivity index (χ3v) is 94.4. The van der Waals surface area contributed by atoms with E-state index in [0.717, 1.165) is 0 Å². The van der Waals surface area contributed by atoms with Gasteiger partial charge in [0, 0.05) is 0 Å². The van der Waals surface area contributed by atoms with Crippen molar-refractivity contribution in [1.82, 2.24) is 0 Å². The first-order valence-electron chi connectivity index (χ1n) is 4.07. The van der Waals surface area contributed by atoms with Crippen molar-refractivity contribution in [3.05, 3.63) is 0 Å². The Morgan fingerprint density at radius 2 is 0.714 bits per heavy atom. The summed E-state index contributed by atoms with van der Waals surface area (Å²) >= 11 is 10.1. The van der Waals surface area contributed by atoms with Crippen LogP contribution in [0.4, 0.5) is 0 Å². The molecule has 8 radical (unpaired) electrons. The van der Waals surface area contributed by atoms with Crippen molar-refractivity contribution in [2.75, 3.05) is 0 Å². The van der Waals surface area contributed by atoms with Gasteiger partial charge in [-0.15, -0.1) is 0 Å². The second kappa shape index (κ2) is 14.6. The van der Waals surface area contributed by atoms with Crippen LogP contribution in [0.3, 0.4) is 0 Å². The zero-order valence-electron chi connectivity index (χ0n) is 9.63. The SMILES string of the molecule is C[Si]([Te])([Te])[Si](C)([Te])[Te].[CH3][Sn][CH3].[CH3][Sn][CH3]. The number of rotatable bonds is 1. The molecular formula is C6H18Si2Sn2Te4. The Morgan fingerprint density at radius 1 is 0.643 bits per heavy atom. The van der Waals surface area contributed by atoms with Crippen LogP contribution in [-0.4, -0.2) is 134 Å². The van der Waals surface area contributed by atoms with Gasteiger partial charge in [0.1, 0.15) is 0 Å². The molecule has 0 spiro atoms. The van der Waals surface area contributed by atoms with Crippen molar-refractivity contribution in [2.24, 2.45) is 0 Å². The maximum atomic E-state index is 2.49. The summed E-state index contributed by atoms with van der Waals surface area (Å²) in [4.78, 5) is 9.18. The minimum atomic E-state index is -0.691. The normalized spacial score (nSPS) is 10.7. The van der Waals surface area contributed by atoms with Crippen molar-refractivity contribution < 1.29 is 0 Å². The first kappa shape index (κ1) is 24.2. The summed E-state index contributed by atoms with van der Waals surface area (Å²) in [6, 6.07) is 0. The maximum absolute atomic E-state index is 2.49. The van der Waals surface area contributed by atoms with E-state index in [2.05, 4.69) is 119 Å². The van der Waals surface area contributed by atoms with Crippen LogP contribution in [-0.2, 0) is 0 Å². The molecule has 0 rings (SSSR count). The molecular weight excluding hydrogens is 876 g/mol. The topological polar surface area (TPSA) is 0 Å². The molecule has 0 aliphatic heterocycles. The van der Waals surface area contributed by atoms with Gasteiger partial charge in [-0.1, -0.05) is 0 Å². The fourth-order valence-electron chi connectivity index (χ4n) is 0. The monoisotopic (exact) mass is 906 g/mol. The van der Waals surface area contributed by atoms with E-state index >= 15 is 0 Å². The van der Waals surface area contributed by atoms with Gasteiger partial charge in [0.05, 0.1) is 0 Å². The van der Waals surface area contributed by atoms with Gasteiger partial charge in [-0.2, -0.15) is 0 Å². The Balaban J connectivity index is -0.000000168. The van der Waals surface area contributed by atoms with Crippen LogP contribution in [0.2, 0.25) is 32.9 Å². The first-order chi connectivity index (χ1) is 6.08. The molecule has 0 aliphatic carbocycles. The van der Waals surface area contributed by atoms with Crippen LogP contribution in [0.5, 0.6) is 0 Å². The summed E-state index contributed by atoms with van der Waals surface area (Å²) in [6.07, 6.45) is 0. The molecule has 0 fully saturated rings. The van der Waals surface area contributed by atoms with E-state index in [1.165, 1.54) is 0 Å². The summed E-state index contributed by atoms with van der Waals surface area (Å²) in [5.41, 5.74) is 0. The van der Waals surface area contributed by atoms with Crippen LogP contribution >= 0.6 is 0 Å². The third kappa shape index (κ3) is 22.4. The summed E-state index contributed by atoms with van der Waals surface area (Å²) in [6.45, 7) is 4.97. The zero-order chi connectivity index (χ0) is 12.4. The molecule has 0 saturated carbocycles. The average molecular weight is 894 g/mol. The molecule has 0 unspecified atom stereocenters. The van der Waals surface area contributed by atoms with E-state index in [-0.39, 0.29) is 42.3 Å². The van der Waals surface area contributed by atoms with E-state index in [0.29, 0.717) is 0 Å². The van der Waals surface area contributed by atoms with Gasteiger partial charge in [-0.3, -0.25) is 0 Å². The van der Waals surface area contributed by atoms with Crippen LogP contribution in [0.25, 0.3) is 0 Å². The van der Waals surface area contributed by atoms with Gasteiger partial charge in [0.15, 0.2) is 0 Å². The van der Waals surface area contributed by atoms with E-state index in [1.807, 2.05) is 0 Å². The van der Waals surface area contributed by atoms with E-state index in [4.69, 9.17) is 0 Å². The van der Waals surface area contributed by atoms with Crippen LogP contribution in [0.1, 0.15) is 0 Å². The molecule has 0 bridgehead atoms. The van der Waals surface area contributed by atoms with Gasteiger partial charge in [0.25, 0.3) is 0 Å². The van der Waals surface area contributed by atoms with Gasteiger partial charge >= 0.3 is 167 Å². The van der Waals surface area contributed by atoms with Gasteiger partial charge in [-0.05, 0) is 0 Å². The van der Waals surface area contributed by atoms with Crippen molar-refractivity contribution in [2.45, 2.75) is 32.9 Å². The number of hydrogen-bond acceptors (Lipinski definition) is 0. The Bertz CT molecular complexity index is 99.4. The van der Waals surface area contributed by atoms with E-state index in [9.17, 15) is 0 Å². The molecule has 0 aliphatic rings. The molecule has 0 aromatic heterocycles. The predicted molar refractivity (Wildman–Crippen MR) is 81.2 cm³/mol. The molecule has 0 heterocycles. The number of hydrogen-bond donors (Lipinski definition) is 0. The predicted octanol–water partition coefficient (Wildman–Crippen LogP) is 0.456. The summed E-state index contributed by atoms with van der Waals surface area (Å²) < 4.78 is -1.38. The van der Waals surface area contributed by atoms with Crippen LogP contribution < -0.4 is 0 Å². The Labute approximate surface area is 162 Å². The second-order valence-corrected chi connectivity index (χ2v) is 74.8. The first-order valence-corrected chi connectivity index (χ1v) is 35.1. The second-order valence-electron chi connectivity index (χ2n) is 2.89. The third-order valence-electron chi connectivity index (χ3n) is 0.825. The fraction of sp³-hybridized carbons (Fsp3) is 1.00. The molecule has 0 saturated heterocycles.